The van der Waals surface area contributed by atoms with Gasteiger partial charge in [0.15, 0.2) is 0 Å². The number of aromatic nitrogens is 1. The van der Waals surface area contributed by atoms with Crippen LogP contribution in [0.15, 0.2) is 18.5 Å². The Morgan fingerprint density at radius 1 is 1.40 bits per heavy atom. The molecule has 2 N–H and O–H groups in total. The molecule has 80 valence electrons. The molecule has 1 rings (SSSR count). The molecule has 0 aromatic carbocycles. The van der Waals surface area contributed by atoms with E-state index in [1.165, 1.54) is 0 Å². The van der Waals surface area contributed by atoms with E-state index in [0.29, 0.717) is 0 Å². The van der Waals surface area contributed by atoms with E-state index in [-0.39, 0.29) is 0 Å². The number of nitrogens with zero attached hydrogens (tertiary/aromatic N) is 1. The fraction of sp³-hybridized carbons (Fsp3) is 0.417. The molecular weight excluding hydrogens is 188 g/mol. The van der Waals surface area contributed by atoms with Gasteiger partial charge in [-0.3, -0.25) is 4.98 Å². The van der Waals surface area contributed by atoms with Crippen LogP contribution in [0.1, 0.15) is 24.8 Å². The Labute approximate surface area is 90.7 Å². The summed E-state index contributed by atoms with van der Waals surface area (Å²) in [5.74, 6) is 6.87. The predicted octanol–water partition coefficient (Wildman–Crippen LogP) is 1.57. The van der Waals surface area contributed by atoms with Crippen LogP contribution in [-0.2, 0) is 0 Å². The maximum absolute atomic E-state index is 5.39. The predicted molar refractivity (Wildman–Crippen MR) is 60.6 cm³/mol. The summed E-state index contributed by atoms with van der Waals surface area (Å²) in [5.41, 5.74) is 6.28. The molecule has 0 bridgehead atoms. The van der Waals surface area contributed by atoms with Crippen molar-refractivity contribution < 1.29 is 4.74 Å². The van der Waals surface area contributed by atoms with Gasteiger partial charge in [0.1, 0.15) is 5.75 Å². The lowest BCUT2D eigenvalue weighted by Crippen LogP contribution is -1.96. The second-order valence-electron chi connectivity index (χ2n) is 3.16. The second-order valence-corrected chi connectivity index (χ2v) is 3.16. The lowest BCUT2D eigenvalue weighted by atomic mass is 10.2. The van der Waals surface area contributed by atoms with Gasteiger partial charge in [-0.05, 0) is 25.5 Å². The van der Waals surface area contributed by atoms with Gasteiger partial charge in [-0.2, -0.15) is 0 Å². The highest BCUT2D eigenvalue weighted by Crippen LogP contribution is 2.08. The number of rotatable bonds is 4. The topological polar surface area (TPSA) is 48.1 Å². The van der Waals surface area contributed by atoms with Crippen LogP contribution in [0.5, 0.6) is 5.75 Å². The van der Waals surface area contributed by atoms with Crippen molar-refractivity contribution in [2.45, 2.75) is 19.3 Å². The molecule has 0 radical (unpaired) electrons. The first-order valence-electron chi connectivity index (χ1n) is 5.05. The summed E-state index contributed by atoms with van der Waals surface area (Å²) < 4.78 is 5.05. The average molecular weight is 204 g/mol. The first-order chi connectivity index (χ1) is 7.36. The molecule has 1 aromatic heterocycles. The lowest BCUT2D eigenvalue weighted by molar-refractivity contribution is 0.413. The summed E-state index contributed by atoms with van der Waals surface area (Å²) in [4.78, 5) is 4.02. The van der Waals surface area contributed by atoms with Crippen LogP contribution >= 0.6 is 0 Å². The average Bonchev–Trinajstić information content (AvgIpc) is 2.29. The first kappa shape index (κ1) is 11.5. The van der Waals surface area contributed by atoms with E-state index < -0.39 is 0 Å². The molecule has 0 saturated carbocycles. The Bertz CT molecular complexity index is 352. The molecule has 0 aliphatic heterocycles. The molecule has 15 heavy (non-hydrogen) atoms. The zero-order valence-corrected chi connectivity index (χ0v) is 8.99. The molecule has 3 heteroatoms. The van der Waals surface area contributed by atoms with Gasteiger partial charge in [-0.1, -0.05) is 11.8 Å². The molecule has 0 spiro atoms. The van der Waals surface area contributed by atoms with Gasteiger partial charge >= 0.3 is 0 Å². The molecule has 1 heterocycles. The third kappa shape index (κ3) is 4.48. The number of methoxy groups -OCH3 is 1. The lowest BCUT2D eigenvalue weighted by Gasteiger charge is -1.97. The van der Waals surface area contributed by atoms with Crippen LogP contribution in [0.25, 0.3) is 0 Å². The van der Waals surface area contributed by atoms with Gasteiger partial charge < -0.3 is 10.5 Å². The fourth-order valence-corrected chi connectivity index (χ4v) is 1.12. The van der Waals surface area contributed by atoms with Crippen LogP contribution in [0.4, 0.5) is 0 Å². The Balaban J connectivity index is 2.48. The summed E-state index contributed by atoms with van der Waals surface area (Å²) >= 11 is 0. The maximum atomic E-state index is 5.39. The minimum absolute atomic E-state index is 0.738. The minimum atomic E-state index is 0.738. The molecule has 1 aromatic rings. The summed E-state index contributed by atoms with van der Waals surface area (Å²) in [6.07, 6.45) is 6.37. The Morgan fingerprint density at radius 2 is 2.27 bits per heavy atom. The number of hydrogen-bond acceptors (Lipinski definition) is 3. The number of nitrogens with two attached hydrogens (primary N) is 1. The fourth-order valence-electron chi connectivity index (χ4n) is 1.12. The van der Waals surface area contributed by atoms with Gasteiger partial charge in [0.05, 0.1) is 13.3 Å². The van der Waals surface area contributed by atoms with Crippen molar-refractivity contribution in [2.75, 3.05) is 13.7 Å². The van der Waals surface area contributed by atoms with Gasteiger partial charge in [-0.25, -0.2) is 0 Å². The zero-order chi connectivity index (χ0) is 10.9. The third-order valence-electron chi connectivity index (χ3n) is 1.94. The molecule has 0 aliphatic rings. The van der Waals surface area contributed by atoms with Crippen molar-refractivity contribution in [2.24, 2.45) is 5.73 Å². The highest BCUT2D eigenvalue weighted by molar-refractivity contribution is 5.36. The van der Waals surface area contributed by atoms with E-state index in [2.05, 4.69) is 16.8 Å². The van der Waals surface area contributed by atoms with E-state index in [1.807, 2.05) is 6.07 Å². The Hall–Kier alpha value is -1.53. The van der Waals surface area contributed by atoms with Crippen molar-refractivity contribution in [1.82, 2.24) is 4.98 Å². The summed E-state index contributed by atoms with van der Waals surface area (Å²) in [6, 6.07) is 1.88. The van der Waals surface area contributed by atoms with E-state index in [9.17, 15) is 0 Å². The molecule has 0 atom stereocenters. The van der Waals surface area contributed by atoms with Crippen molar-refractivity contribution in [1.29, 1.82) is 0 Å². The molecule has 3 nitrogen and oxygen atoms in total. The molecule has 0 unspecified atom stereocenters. The van der Waals surface area contributed by atoms with E-state index in [4.69, 9.17) is 10.5 Å². The summed E-state index contributed by atoms with van der Waals surface area (Å²) in [6.45, 7) is 0.738. The molecule has 0 aliphatic carbocycles. The van der Waals surface area contributed by atoms with E-state index >= 15 is 0 Å². The number of unbranched alkanes of at least 4 members (excludes halogenated alkanes) is 2. The van der Waals surface area contributed by atoms with Gasteiger partial charge in [-0.15, -0.1) is 0 Å². The van der Waals surface area contributed by atoms with Crippen LogP contribution in [0.3, 0.4) is 0 Å². The number of pyridine rings is 1. The van der Waals surface area contributed by atoms with Crippen molar-refractivity contribution in [3.05, 3.63) is 24.0 Å². The molecular formula is C12H16N2O. The van der Waals surface area contributed by atoms with Crippen molar-refractivity contribution in [3.63, 3.8) is 0 Å². The highest BCUT2D eigenvalue weighted by Gasteiger charge is 1.91. The molecule has 0 fully saturated rings. The van der Waals surface area contributed by atoms with Gasteiger partial charge in [0.25, 0.3) is 0 Å². The van der Waals surface area contributed by atoms with E-state index in [1.54, 1.807) is 19.5 Å². The number of hydrogen-bond donors (Lipinski definition) is 1. The Kier molecular flexibility index (Phi) is 5.28. The Morgan fingerprint density at radius 3 is 3.00 bits per heavy atom. The van der Waals surface area contributed by atoms with Crippen LogP contribution < -0.4 is 10.5 Å². The standard InChI is InChI=1S/C12H16N2O/c1-15-12-8-11(9-14-10-12)6-4-2-3-5-7-13/h8-10H,2-3,5,7,13H2,1H3. The second kappa shape index (κ2) is 6.86. The van der Waals surface area contributed by atoms with Crippen molar-refractivity contribution >= 4 is 0 Å². The smallest absolute Gasteiger partial charge is 0.138 e. The number of ether oxygens (including phenoxy) is 1. The molecule has 0 amide bonds. The summed E-state index contributed by atoms with van der Waals surface area (Å²) in [5, 5.41) is 0. The van der Waals surface area contributed by atoms with Gasteiger partial charge in [0, 0.05) is 18.2 Å². The minimum Gasteiger partial charge on any atom is -0.495 e. The highest BCUT2D eigenvalue weighted by atomic mass is 16.5. The van der Waals surface area contributed by atoms with E-state index in [0.717, 1.165) is 37.1 Å². The third-order valence-corrected chi connectivity index (χ3v) is 1.94. The van der Waals surface area contributed by atoms with Crippen LogP contribution in [-0.4, -0.2) is 18.6 Å². The van der Waals surface area contributed by atoms with Crippen LogP contribution in [0, 0.1) is 11.8 Å². The largest absolute Gasteiger partial charge is 0.495 e. The first-order valence-corrected chi connectivity index (χ1v) is 5.05. The zero-order valence-electron chi connectivity index (χ0n) is 8.99. The van der Waals surface area contributed by atoms with Gasteiger partial charge in [0.2, 0.25) is 0 Å². The molecule has 0 saturated heterocycles. The normalized spacial score (nSPS) is 9.20. The SMILES string of the molecule is COc1cncc(C#CCCCCN)c1. The van der Waals surface area contributed by atoms with Crippen molar-refractivity contribution in [3.8, 4) is 17.6 Å². The van der Waals surface area contributed by atoms with Crippen LogP contribution in [0.2, 0.25) is 0 Å². The quantitative estimate of drug-likeness (QED) is 0.598. The maximum Gasteiger partial charge on any atom is 0.138 e. The monoisotopic (exact) mass is 204 g/mol. The summed E-state index contributed by atoms with van der Waals surface area (Å²) in [7, 11) is 1.62.